The zero-order valence-electron chi connectivity index (χ0n) is 7.08. The molecule has 0 heterocycles. The van der Waals surface area contributed by atoms with Gasteiger partial charge >= 0.3 is 0 Å². The molecule has 0 radical (unpaired) electrons. The second kappa shape index (κ2) is 3.72. The van der Waals surface area contributed by atoms with E-state index in [0.29, 0.717) is 11.3 Å². The van der Waals surface area contributed by atoms with Crippen LogP contribution in [0.5, 0.6) is 0 Å². The summed E-state index contributed by atoms with van der Waals surface area (Å²) in [7, 11) is 0. The van der Waals surface area contributed by atoms with Crippen molar-refractivity contribution >= 4 is 5.71 Å². The maximum Gasteiger partial charge on any atom is 0.138 e. The van der Waals surface area contributed by atoms with Gasteiger partial charge in [-0.1, -0.05) is 17.1 Å². The summed E-state index contributed by atoms with van der Waals surface area (Å²) in [6.07, 6.45) is 5.07. The molecule has 1 aromatic carbocycles. The molecule has 0 spiro atoms. The van der Waals surface area contributed by atoms with Crippen molar-refractivity contribution in [3.8, 4) is 12.3 Å². The largest absolute Gasteiger partial charge is 0.411 e. The molecule has 3 heteroatoms. The standard InChI is InChI=1S/C10H8FNO/c1-3-8-6-9(7(2)12-13)4-5-10(8)11/h1,4-6,13H,2H3. The first kappa shape index (κ1) is 9.27. The molecule has 0 fully saturated rings. The molecule has 0 atom stereocenters. The minimum atomic E-state index is -0.447. The summed E-state index contributed by atoms with van der Waals surface area (Å²) in [5, 5.41) is 11.5. The topological polar surface area (TPSA) is 32.6 Å². The van der Waals surface area contributed by atoms with E-state index in [0.717, 1.165) is 0 Å². The second-order valence-electron chi connectivity index (χ2n) is 2.52. The molecule has 1 aromatic rings. The Kier molecular flexibility index (Phi) is 2.65. The van der Waals surface area contributed by atoms with E-state index in [-0.39, 0.29) is 5.56 Å². The lowest BCUT2D eigenvalue weighted by Crippen LogP contribution is -1.96. The molecule has 0 amide bonds. The number of hydrogen-bond acceptors (Lipinski definition) is 2. The van der Waals surface area contributed by atoms with Crippen LogP contribution in [0, 0.1) is 18.2 Å². The van der Waals surface area contributed by atoms with E-state index in [9.17, 15) is 4.39 Å². The van der Waals surface area contributed by atoms with E-state index in [2.05, 4.69) is 11.1 Å². The predicted molar refractivity (Wildman–Crippen MR) is 48.3 cm³/mol. The SMILES string of the molecule is C#Cc1cc(C(C)=NO)ccc1F. The fourth-order valence-electron chi connectivity index (χ4n) is 0.919. The highest BCUT2D eigenvalue weighted by atomic mass is 19.1. The summed E-state index contributed by atoms with van der Waals surface area (Å²) >= 11 is 0. The van der Waals surface area contributed by atoms with Crippen molar-refractivity contribution < 1.29 is 9.60 Å². The molecule has 0 saturated carbocycles. The highest BCUT2D eigenvalue weighted by Gasteiger charge is 2.03. The Bertz CT molecular complexity index is 390. The van der Waals surface area contributed by atoms with Crippen LogP contribution in [-0.2, 0) is 0 Å². The smallest absolute Gasteiger partial charge is 0.138 e. The third-order valence-electron chi connectivity index (χ3n) is 1.69. The number of oxime groups is 1. The minimum Gasteiger partial charge on any atom is -0.411 e. The molecule has 2 nitrogen and oxygen atoms in total. The molecule has 0 aromatic heterocycles. The molecule has 1 N–H and O–H groups in total. The van der Waals surface area contributed by atoms with E-state index in [1.54, 1.807) is 6.92 Å². The molecule has 0 bridgehead atoms. The first-order valence-electron chi connectivity index (χ1n) is 3.64. The van der Waals surface area contributed by atoms with Gasteiger partial charge in [0.05, 0.1) is 11.3 Å². The van der Waals surface area contributed by atoms with Gasteiger partial charge in [-0.25, -0.2) is 4.39 Å². The third kappa shape index (κ3) is 1.85. The summed E-state index contributed by atoms with van der Waals surface area (Å²) < 4.78 is 12.9. The van der Waals surface area contributed by atoms with Gasteiger partial charge < -0.3 is 5.21 Å². The number of rotatable bonds is 1. The van der Waals surface area contributed by atoms with Gasteiger partial charge in [0.2, 0.25) is 0 Å². The van der Waals surface area contributed by atoms with Crippen molar-refractivity contribution in [1.29, 1.82) is 0 Å². The van der Waals surface area contributed by atoms with E-state index in [4.69, 9.17) is 11.6 Å². The Morgan fingerprint density at radius 2 is 2.31 bits per heavy atom. The highest BCUT2D eigenvalue weighted by molar-refractivity contribution is 5.98. The number of halogens is 1. The van der Waals surface area contributed by atoms with E-state index in [1.165, 1.54) is 18.2 Å². The lowest BCUT2D eigenvalue weighted by atomic mass is 10.1. The molecule has 66 valence electrons. The predicted octanol–water partition coefficient (Wildman–Crippen LogP) is 2.01. The summed E-state index contributed by atoms with van der Waals surface area (Å²) in [4.78, 5) is 0. The number of terminal acetylenes is 1. The number of benzene rings is 1. The molecule has 0 aliphatic rings. The van der Waals surface area contributed by atoms with Gasteiger partial charge in [-0.15, -0.1) is 6.42 Å². The highest BCUT2D eigenvalue weighted by Crippen LogP contribution is 2.10. The van der Waals surface area contributed by atoms with Crippen molar-refractivity contribution in [3.63, 3.8) is 0 Å². The fourth-order valence-corrected chi connectivity index (χ4v) is 0.919. The number of hydrogen-bond donors (Lipinski definition) is 1. The summed E-state index contributed by atoms with van der Waals surface area (Å²) in [5.74, 6) is 1.76. The van der Waals surface area contributed by atoms with Gasteiger partial charge in [-0.05, 0) is 19.1 Å². The van der Waals surface area contributed by atoms with Crippen molar-refractivity contribution in [2.45, 2.75) is 6.92 Å². The second-order valence-corrected chi connectivity index (χ2v) is 2.52. The molecule has 0 saturated heterocycles. The van der Waals surface area contributed by atoms with Gasteiger partial charge in [0, 0.05) is 5.56 Å². The van der Waals surface area contributed by atoms with Crippen LogP contribution in [0.3, 0.4) is 0 Å². The number of nitrogens with zero attached hydrogens (tertiary/aromatic N) is 1. The van der Waals surface area contributed by atoms with Gasteiger partial charge in [-0.3, -0.25) is 0 Å². The van der Waals surface area contributed by atoms with Crippen LogP contribution in [0.4, 0.5) is 4.39 Å². The Morgan fingerprint density at radius 1 is 1.62 bits per heavy atom. The lowest BCUT2D eigenvalue weighted by molar-refractivity contribution is 0.319. The van der Waals surface area contributed by atoms with Crippen molar-refractivity contribution in [2.75, 3.05) is 0 Å². The van der Waals surface area contributed by atoms with Crippen LogP contribution >= 0.6 is 0 Å². The van der Waals surface area contributed by atoms with Crippen molar-refractivity contribution in [1.82, 2.24) is 0 Å². The van der Waals surface area contributed by atoms with Crippen LogP contribution in [-0.4, -0.2) is 10.9 Å². The maximum atomic E-state index is 12.9. The Labute approximate surface area is 75.7 Å². The summed E-state index contributed by atoms with van der Waals surface area (Å²) in [6, 6.07) is 4.22. The van der Waals surface area contributed by atoms with Gasteiger partial charge in [0.25, 0.3) is 0 Å². The molecule has 0 aliphatic heterocycles. The van der Waals surface area contributed by atoms with Crippen LogP contribution in [0.2, 0.25) is 0 Å². The van der Waals surface area contributed by atoms with Gasteiger partial charge in [-0.2, -0.15) is 0 Å². The van der Waals surface area contributed by atoms with E-state index in [1.807, 2.05) is 0 Å². The molecule has 13 heavy (non-hydrogen) atoms. The normalized spacial score (nSPS) is 11.0. The molecular weight excluding hydrogens is 169 g/mol. The zero-order valence-corrected chi connectivity index (χ0v) is 7.08. The molecule has 0 unspecified atom stereocenters. The summed E-state index contributed by atoms with van der Waals surface area (Å²) in [6.45, 7) is 1.60. The first-order valence-corrected chi connectivity index (χ1v) is 3.64. The van der Waals surface area contributed by atoms with Gasteiger partial charge in [0.1, 0.15) is 5.82 Å². The average Bonchev–Trinajstić information content (AvgIpc) is 2.17. The quantitative estimate of drug-likeness (QED) is 0.302. The minimum absolute atomic E-state index is 0.167. The Balaban J connectivity index is 3.23. The monoisotopic (exact) mass is 177 g/mol. The van der Waals surface area contributed by atoms with Crippen LogP contribution in [0.15, 0.2) is 23.4 Å². The van der Waals surface area contributed by atoms with E-state index >= 15 is 0 Å². The maximum absolute atomic E-state index is 12.9. The Morgan fingerprint density at radius 3 is 2.85 bits per heavy atom. The summed E-state index contributed by atoms with van der Waals surface area (Å²) in [5.41, 5.74) is 1.17. The Hall–Kier alpha value is -1.82. The van der Waals surface area contributed by atoms with E-state index < -0.39 is 5.82 Å². The third-order valence-corrected chi connectivity index (χ3v) is 1.69. The molecular formula is C10H8FNO. The van der Waals surface area contributed by atoms with Crippen LogP contribution in [0.25, 0.3) is 0 Å². The van der Waals surface area contributed by atoms with Gasteiger partial charge in [0.15, 0.2) is 0 Å². The van der Waals surface area contributed by atoms with Crippen LogP contribution < -0.4 is 0 Å². The average molecular weight is 177 g/mol. The lowest BCUT2D eigenvalue weighted by Gasteiger charge is -1.99. The van der Waals surface area contributed by atoms with Crippen LogP contribution in [0.1, 0.15) is 18.1 Å². The van der Waals surface area contributed by atoms with Crippen molar-refractivity contribution in [3.05, 3.63) is 35.1 Å². The fraction of sp³-hybridized carbons (Fsp3) is 0.100. The molecule has 0 aliphatic carbocycles. The zero-order chi connectivity index (χ0) is 9.84. The van der Waals surface area contributed by atoms with Crippen molar-refractivity contribution in [2.24, 2.45) is 5.16 Å². The molecule has 1 rings (SSSR count). The first-order chi connectivity index (χ1) is 6.19.